The number of carboxylic acid groups (broad SMARTS) is 1. The molecule has 0 aliphatic carbocycles. The normalized spacial score (nSPS) is 14.7. The Morgan fingerprint density at radius 3 is 2.47 bits per heavy atom. The average molecular weight is 649 g/mol. The van der Waals surface area contributed by atoms with E-state index in [4.69, 9.17) is 9.73 Å². The quantitative estimate of drug-likeness (QED) is 0.244. The summed E-state index contributed by atoms with van der Waals surface area (Å²) in [5.74, 6) is -0.588. The van der Waals surface area contributed by atoms with Gasteiger partial charge >= 0.3 is 5.97 Å². The number of carbonyl (C=O) groups excluding carboxylic acids is 1. The van der Waals surface area contributed by atoms with Gasteiger partial charge in [0.2, 0.25) is 0 Å². The Labute approximate surface area is 276 Å². The van der Waals surface area contributed by atoms with E-state index >= 15 is 0 Å². The summed E-state index contributed by atoms with van der Waals surface area (Å²) in [6, 6.07) is 19.7. The van der Waals surface area contributed by atoms with Gasteiger partial charge in [0.15, 0.2) is 4.80 Å². The van der Waals surface area contributed by atoms with Gasteiger partial charge in [0.05, 0.1) is 28.5 Å². The number of aryl methyl sites for hydroxylation is 1. The van der Waals surface area contributed by atoms with Crippen molar-refractivity contribution in [2.24, 2.45) is 4.99 Å². The Bertz CT molecular complexity index is 2290. The average Bonchev–Trinajstić information content (AvgIpc) is 3.53. The third-order valence-corrected chi connectivity index (χ3v) is 9.82. The summed E-state index contributed by atoms with van der Waals surface area (Å²) in [5, 5.41) is 11.4. The van der Waals surface area contributed by atoms with E-state index in [2.05, 4.69) is 0 Å². The minimum Gasteiger partial charge on any atom is -0.496 e. The molecule has 0 saturated carbocycles. The Morgan fingerprint density at radius 1 is 1.02 bits per heavy atom. The number of hydrogen-bond acceptors (Lipinski definition) is 6. The Balaban J connectivity index is 1.60. The third-order valence-electron chi connectivity index (χ3n) is 8.83. The number of benzene rings is 3. The molecule has 0 fully saturated rings. The summed E-state index contributed by atoms with van der Waals surface area (Å²) in [7, 11) is 1.60. The van der Waals surface area contributed by atoms with Crippen molar-refractivity contribution in [2.45, 2.75) is 40.7 Å². The topological polar surface area (TPSA) is 106 Å². The zero-order chi connectivity index (χ0) is 33.6. The number of allylic oxidation sites excluding steroid dienone is 1. The van der Waals surface area contributed by atoms with E-state index < -0.39 is 12.0 Å². The first kappa shape index (κ1) is 31.7. The lowest BCUT2D eigenvalue weighted by Crippen LogP contribution is -2.43. The van der Waals surface area contributed by atoms with Gasteiger partial charge in [0.25, 0.3) is 11.5 Å². The monoisotopic (exact) mass is 648 g/mol. The second kappa shape index (κ2) is 12.5. The number of carbonyl (C=O) groups is 2. The second-order valence-electron chi connectivity index (χ2n) is 11.5. The number of likely N-dealkylation sites (N-methyl/N-ethyl adjacent to an activating group) is 1. The minimum atomic E-state index is -0.998. The van der Waals surface area contributed by atoms with Crippen LogP contribution in [0, 0.1) is 13.8 Å². The van der Waals surface area contributed by atoms with Crippen molar-refractivity contribution in [3.05, 3.63) is 126 Å². The zero-order valence-electron chi connectivity index (χ0n) is 27.2. The van der Waals surface area contributed by atoms with Gasteiger partial charge < -0.3 is 19.3 Å². The number of amides is 1. The van der Waals surface area contributed by atoms with Gasteiger partial charge in [-0.3, -0.25) is 14.2 Å². The number of methoxy groups -OCH3 is 1. The second-order valence-corrected chi connectivity index (χ2v) is 12.5. The number of rotatable bonds is 8. The van der Waals surface area contributed by atoms with E-state index in [1.54, 1.807) is 34.8 Å². The highest BCUT2D eigenvalue weighted by Gasteiger charge is 2.36. The van der Waals surface area contributed by atoms with Crippen LogP contribution in [0.15, 0.2) is 87.8 Å². The Morgan fingerprint density at radius 2 is 1.77 bits per heavy atom. The highest BCUT2D eigenvalue weighted by molar-refractivity contribution is 7.07. The molecule has 9 nitrogen and oxygen atoms in total. The SMILES string of the molecule is CCN(CC)C(=O)C1=C(C)N=c2s/c(=C/c3cc(C)n(-c4cccc(C(=O)O)c4)c3C)c(=O)n2[C@@H]1c1c(OC)ccc2ccccc12. The van der Waals surface area contributed by atoms with Crippen molar-refractivity contribution >= 4 is 40.1 Å². The predicted molar refractivity (Wildman–Crippen MR) is 184 cm³/mol. The molecule has 1 atom stereocenters. The smallest absolute Gasteiger partial charge is 0.335 e. The first-order valence-electron chi connectivity index (χ1n) is 15.5. The minimum absolute atomic E-state index is 0.169. The highest BCUT2D eigenvalue weighted by Crippen LogP contribution is 2.40. The molecule has 0 unspecified atom stereocenters. The number of hydrogen-bond donors (Lipinski definition) is 1. The Kier molecular flexibility index (Phi) is 8.46. The molecule has 2 aromatic heterocycles. The molecule has 6 rings (SSSR count). The largest absolute Gasteiger partial charge is 0.496 e. The number of carboxylic acids is 1. The summed E-state index contributed by atoms with van der Waals surface area (Å²) in [5.41, 5.74) is 4.97. The van der Waals surface area contributed by atoms with Gasteiger partial charge in [-0.1, -0.05) is 47.7 Å². The van der Waals surface area contributed by atoms with Crippen molar-refractivity contribution in [1.82, 2.24) is 14.0 Å². The van der Waals surface area contributed by atoms with E-state index in [1.807, 2.05) is 93.8 Å². The van der Waals surface area contributed by atoms with Gasteiger partial charge in [0, 0.05) is 35.7 Å². The fraction of sp³-hybridized carbons (Fsp3) is 0.243. The molecule has 1 N–H and O–H groups in total. The lowest BCUT2D eigenvalue weighted by Gasteiger charge is -2.30. The first-order chi connectivity index (χ1) is 22.6. The summed E-state index contributed by atoms with van der Waals surface area (Å²) in [4.78, 5) is 47.5. The number of aromatic carboxylic acids is 1. The predicted octanol–water partition coefficient (Wildman–Crippen LogP) is 5.37. The van der Waals surface area contributed by atoms with Gasteiger partial charge in [-0.05, 0) is 87.4 Å². The molecular formula is C37H36N4O5S. The maximum atomic E-state index is 14.5. The molecule has 5 aromatic rings. The molecule has 1 aliphatic heterocycles. The molecule has 1 aliphatic rings. The highest BCUT2D eigenvalue weighted by atomic mass is 32.1. The van der Waals surface area contributed by atoms with Gasteiger partial charge in [-0.25, -0.2) is 9.79 Å². The van der Waals surface area contributed by atoms with E-state index in [0.717, 1.165) is 39.0 Å². The molecule has 3 heterocycles. The van der Waals surface area contributed by atoms with E-state index in [9.17, 15) is 19.5 Å². The zero-order valence-corrected chi connectivity index (χ0v) is 28.0. The van der Waals surface area contributed by atoms with Crippen LogP contribution in [-0.4, -0.2) is 51.2 Å². The summed E-state index contributed by atoms with van der Waals surface area (Å²) >= 11 is 1.28. The van der Waals surface area contributed by atoms with Crippen LogP contribution in [0.5, 0.6) is 5.75 Å². The Hall–Kier alpha value is -5.22. The molecule has 240 valence electrons. The van der Waals surface area contributed by atoms with Gasteiger partial charge in [-0.15, -0.1) is 0 Å². The molecule has 10 heteroatoms. The maximum absolute atomic E-state index is 14.5. The number of fused-ring (bicyclic) bond motifs is 2. The first-order valence-corrected chi connectivity index (χ1v) is 16.3. The summed E-state index contributed by atoms with van der Waals surface area (Å²) < 4.78 is 9.98. The van der Waals surface area contributed by atoms with Crippen molar-refractivity contribution in [3.8, 4) is 11.4 Å². The summed E-state index contributed by atoms with van der Waals surface area (Å²) in [6.07, 6.45) is 1.85. The van der Waals surface area contributed by atoms with Crippen molar-refractivity contribution in [1.29, 1.82) is 0 Å². The lowest BCUT2D eigenvalue weighted by molar-refractivity contribution is -0.127. The van der Waals surface area contributed by atoms with Crippen LogP contribution in [0.25, 0.3) is 22.5 Å². The number of nitrogens with zero attached hydrogens (tertiary/aromatic N) is 4. The van der Waals surface area contributed by atoms with Crippen molar-refractivity contribution in [2.75, 3.05) is 20.2 Å². The van der Waals surface area contributed by atoms with Crippen molar-refractivity contribution < 1.29 is 19.4 Å². The molecule has 0 radical (unpaired) electrons. The lowest BCUT2D eigenvalue weighted by atomic mass is 9.90. The molecule has 3 aromatic carbocycles. The molecule has 0 saturated heterocycles. The molecular weight excluding hydrogens is 612 g/mol. The van der Waals surface area contributed by atoms with E-state index in [0.29, 0.717) is 39.4 Å². The fourth-order valence-electron chi connectivity index (χ4n) is 6.54. The van der Waals surface area contributed by atoms with Crippen LogP contribution < -0.4 is 19.6 Å². The van der Waals surface area contributed by atoms with Crippen LogP contribution in [0.2, 0.25) is 0 Å². The number of aromatic nitrogens is 2. The van der Waals surface area contributed by atoms with E-state index in [-0.39, 0.29) is 17.0 Å². The third kappa shape index (κ3) is 5.38. The standard InChI is InChI=1S/C37H36N4O5S/c1-7-39(8-2)35(43)31-22(4)38-37-41(33(31)32-28-15-10-9-12-24(28)16-17-29(32)46-6)34(42)30(47-37)20-26-18-21(3)40(23(26)5)27-14-11-13-25(19-27)36(44)45/h9-20,33H,7-8H2,1-6H3,(H,44,45)/b30-20+/t33-/m0/s1. The van der Waals surface area contributed by atoms with Crippen LogP contribution in [-0.2, 0) is 4.79 Å². The van der Waals surface area contributed by atoms with Gasteiger partial charge in [-0.2, -0.15) is 0 Å². The molecule has 1 amide bonds. The number of ether oxygens (including phenoxy) is 1. The van der Waals surface area contributed by atoms with Crippen LogP contribution in [0.3, 0.4) is 0 Å². The van der Waals surface area contributed by atoms with Crippen LogP contribution in [0.4, 0.5) is 0 Å². The van der Waals surface area contributed by atoms with Gasteiger partial charge in [0.1, 0.15) is 11.8 Å². The maximum Gasteiger partial charge on any atom is 0.335 e. The fourth-order valence-corrected chi connectivity index (χ4v) is 7.57. The van der Waals surface area contributed by atoms with E-state index in [1.165, 1.54) is 11.3 Å². The van der Waals surface area contributed by atoms with Crippen LogP contribution >= 0.6 is 11.3 Å². The molecule has 47 heavy (non-hydrogen) atoms. The molecule has 0 bridgehead atoms. The van der Waals surface area contributed by atoms with Crippen molar-refractivity contribution in [3.63, 3.8) is 0 Å². The number of thiazole rings is 1. The molecule has 0 spiro atoms. The summed E-state index contributed by atoms with van der Waals surface area (Å²) in [6.45, 7) is 10.6. The van der Waals surface area contributed by atoms with Crippen LogP contribution in [0.1, 0.15) is 59.7 Å².